The predicted octanol–water partition coefficient (Wildman–Crippen LogP) is 3.40. The standard InChI is InChI=1S/C11H16ClN/c1-3-8-13-9(2)10-6-4-5-7-11(10)12/h4-7,9,13H,3,8H2,1-2H3/t9-/m0/s1. The average molecular weight is 198 g/mol. The molecular weight excluding hydrogens is 182 g/mol. The molecule has 1 nitrogen and oxygen atoms in total. The number of rotatable bonds is 4. The van der Waals surface area contributed by atoms with Crippen molar-refractivity contribution < 1.29 is 0 Å². The summed E-state index contributed by atoms with van der Waals surface area (Å²) in [6.07, 6.45) is 1.15. The Bertz CT molecular complexity index is 260. The number of benzene rings is 1. The summed E-state index contributed by atoms with van der Waals surface area (Å²) in [6.45, 7) is 5.33. The van der Waals surface area contributed by atoms with E-state index in [2.05, 4.69) is 25.2 Å². The molecule has 1 aromatic carbocycles. The number of hydrogen-bond donors (Lipinski definition) is 1. The fourth-order valence-electron chi connectivity index (χ4n) is 1.30. The first-order valence-corrected chi connectivity index (χ1v) is 5.11. The van der Waals surface area contributed by atoms with E-state index >= 15 is 0 Å². The molecule has 1 N–H and O–H groups in total. The minimum atomic E-state index is 0.341. The average Bonchev–Trinajstić information content (AvgIpc) is 2.15. The first kappa shape index (κ1) is 10.6. The molecule has 72 valence electrons. The van der Waals surface area contributed by atoms with Crippen molar-refractivity contribution >= 4 is 11.6 Å². The van der Waals surface area contributed by atoms with Gasteiger partial charge in [0.25, 0.3) is 0 Å². The number of halogens is 1. The third-order valence-electron chi connectivity index (χ3n) is 2.07. The van der Waals surface area contributed by atoms with E-state index in [-0.39, 0.29) is 0 Å². The molecule has 1 aromatic rings. The van der Waals surface area contributed by atoms with Crippen molar-refractivity contribution in [3.05, 3.63) is 34.9 Å². The molecule has 0 aromatic heterocycles. The Morgan fingerprint density at radius 1 is 1.38 bits per heavy atom. The lowest BCUT2D eigenvalue weighted by Gasteiger charge is -2.14. The van der Waals surface area contributed by atoms with Crippen molar-refractivity contribution in [2.24, 2.45) is 0 Å². The second-order valence-electron chi connectivity index (χ2n) is 3.20. The van der Waals surface area contributed by atoms with Crippen molar-refractivity contribution in [1.82, 2.24) is 5.32 Å². The number of nitrogens with one attached hydrogen (secondary N) is 1. The largest absolute Gasteiger partial charge is 0.310 e. The summed E-state index contributed by atoms with van der Waals surface area (Å²) in [7, 11) is 0. The highest BCUT2D eigenvalue weighted by atomic mass is 35.5. The van der Waals surface area contributed by atoms with Gasteiger partial charge in [0.05, 0.1) is 0 Å². The van der Waals surface area contributed by atoms with Gasteiger partial charge in [-0.3, -0.25) is 0 Å². The van der Waals surface area contributed by atoms with E-state index in [1.165, 1.54) is 5.56 Å². The Hall–Kier alpha value is -0.530. The first-order chi connectivity index (χ1) is 6.25. The Balaban J connectivity index is 2.65. The molecule has 0 saturated carbocycles. The van der Waals surface area contributed by atoms with Gasteiger partial charge in [-0.25, -0.2) is 0 Å². The maximum absolute atomic E-state index is 6.06. The van der Waals surface area contributed by atoms with Crippen LogP contribution in [-0.2, 0) is 0 Å². The van der Waals surface area contributed by atoms with Crippen LogP contribution in [-0.4, -0.2) is 6.54 Å². The maximum Gasteiger partial charge on any atom is 0.0453 e. The van der Waals surface area contributed by atoms with Gasteiger partial charge in [-0.2, -0.15) is 0 Å². The third-order valence-corrected chi connectivity index (χ3v) is 2.42. The van der Waals surface area contributed by atoms with Crippen molar-refractivity contribution in [2.75, 3.05) is 6.54 Å². The molecule has 0 bridgehead atoms. The molecule has 1 rings (SSSR count). The van der Waals surface area contributed by atoms with Crippen LogP contribution in [0.1, 0.15) is 31.9 Å². The summed E-state index contributed by atoms with van der Waals surface area (Å²) >= 11 is 6.06. The Kier molecular flexibility index (Phi) is 4.26. The topological polar surface area (TPSA) is 12.0 Å². The van der Waals surface area contributed by atoms with Crippen LogP contribution in [0.2, 0.25) is 5.02 Å². The molecule has 13 heavy (non-hydrogen) atoms. The van der Waals surface area contributed by atoms with E-state index in [1.807, 2.05) is 18.2 Å². The lowest BCUT2D eigenvalue weighted by molar-refractivity contribution is 0.571. The quantitative estimate of drug-likeness (QED) is 0.780. The van der Waals surface area contributed by atoms with Crippen molar-refractivity contribution in [1.29, 1.82) is 0 Å². The second kappa shape index (κ2) is 5.25. The molecular formula is C11H16ClN. The molecule has 0 spiro atoms. The maximum atomic E-state index is 6.06. The fraction of sp³-hybridized carbons (Fsp3) is 0.455. The van der Waals surface area contributed by atoms with E-state index < -0.39 is 0 Å². The van der Waals surface area contributed by atoms with Gasteiger partial charge in [0, 0.05) is 11.1 Å². The van der Waals surface area contributed by atoms with Gasteiger partial charge in [0.1, 0.15) is 0 Å². The molecule has 0 radical (unpaired) electrons. The van der Waals surface area contributed by atoms with Gasteiger partial charge in [-0.05, 0) is 31.5 Å². The van der Waals surface area contributed by atoms with Crippen LogP contribution < -0.4 is 5.32 Å². The number of hydrogen-bond acceptors (Lipinski definition) is 1. The van der Waals surface area contributed by atoms with E-state index in [0.29, 0.717) is 6.04 Å². The monoisotopic (exact) mass is 197 g/mol. The van der Waals surface area contributed by atoms with E-state index in [4.69, 9.17) is 11.6 Å². The van der Waals surface area contributed by atoms with Crippen LogP contribution in [0.25, 0.3) is 0 Å². The normalized spacial score (nSPS) is 12.8. The second-order valence-corrected chi connectivity index (χ2v) is 3.60. The summed E-state index contributed by atoms with van der Waals surface area (Å²) in [5, 5.41) is 4.25. The van der Waals surface area contributed by atoms with Gasteiger partial charge in [-0.1, -0.05) is 36.7 Å². The van der Waals surface area contributed by atoms with Gasteiger partial charge >= 0.3 is 0 Å². The zero-order chi connectivity index (χ0) is 9.68. The molecule has 0 unspecified atom stereocenters. The Morgan fingerprint density at radius 2 is 2.08 bits per heavy atom. The SMILES string of the molecule is CCCN[C@@H](C)c1ccccc1Cl. The lowest BCUT2D eigenvalue weighted by atomic mass is 10.1. The molecule has 0 aliphatic heterocycles. The highest BCUT2D eigenvalue weighted by molar-refractivity contribution is 6.31. The van der Waals surface area contributed by atoms with Gasteiger partial charge in [0.15, 0.2) is 0 Å². The minimum Gasteiger partial charge on any atom is -0.310 e. The first-order valence-electron chi connectivity index (χ1n) is 4.73. The summed E-state index contributed by atoms with van der Waals surface area (Å²) in [6, 6.07) is 8.31. The molecule has 2 heteroatoms. The van der Waals surface area contributed by atoms with Crippen LogP contribution in [0, 0.1) is 0 Å². The molecule has 0 fully saturated rings. The fourth-order valence-corrected chi connectivity index (χ4v) is 1.60. The highest BCUT2D eigenvalue weighted by Crippen LogP contribution is 2.21. The van der Waals surface area contributed by atoms with Crippen LogP contribution in [0.15, 0.2) is 24.3 Å². The molecule has 0 heterocycles. The van der Waals surface area contributed by atoms with Gasteiger partial charge in [-0.15, -0.1) is 0 Å². The van der Waals surface area contributed by atoms with Crippen molar-refractivity contribution in [3.63, 3.8) is 0 Å². The third kappa shape index (κ3) is 3.02. The molecule has 0 amide bonds. The van der Waals surface area contributed by atoms with Gasteiger partial charge in [0.2, 0.25) is 0 Å². The zero-order valence-electron chi connectivity index (χ0n) is 8.18. The highest BCUT2D eigenvalue weighted by Gasteiger charge is 2.06. The zero-order valence-corrected chi connectivity index (χ0v) is 8.93. The lowest BCUT2D eigenvalue weighted by Crippen LogP contribution is -2.19. The van der Waals surface area contributed by atoms with E-state index in [1.54, 1.807) is 0 Å². The van der Waals surface area contributed by atoms with Crippen molar-refractivity contribution in [2.45, 2.75) is 26.3 Å². The molecule has 0 aliphatic carbocycles. The summed E-state index contributed by atoms with van der Waals surface area (Å²) < 4.78 is 0. The van der Waals surface area contributed by atoms with Gasteiger partial charge < -0.3 is 5.32 Å². The summed E-state index contributed by atoms with van der Waals surface area (Å²) in [5.41, 5.74) is 1.18. The van der Waals surface area contributed by atoms with Crippen molar-refractivity contribution in [3.8, 4) is 0 Å². The van der Waals surface area contributed by atoms with E-state index in [0.717, 1.165) is 18.0 Å². The van der Waals surface area contributed by atoms with E-state index in [9.17, 15) is 0 Å². The molecule has 0 saturated heterocycles. The molecule has 0 aliphatic rings. The van der Waals surface area contributed by atoms with Crippen LogP contribution in [0.3, 0.4) is 0 Å². The van der Waals surface area contributed by atoms with Crippen LogP contribution in [0.5, 0.6) is 0 Å². The minimum absolute atomic E-state index is 0.341. The Morgan fingerprint density at radius 3 is 2.69 bits per heavy atom. The van der Waals surface area contributed by atoms with Crippen LogP contribution in [0.4, 0.5) is 0 Å². The summed E-state index contributed by atoms with van der Waals surface area (Å²) in [4.78, 5) is 0. The summed E-state index contributed by atoms with van der Waals surface area (Å²) in [5.74, 6) is 0. The van der Waals surface area contributed by atoms with Crippen LogP contribution >= 0.6 is 11.6 Å². The molecule has 1 atom stereocenters. The predicted molar refractivity (Wildman–Crippen MR) is 58.2 cm³/mol. The smallest absolute Gasteiger partial charge is 0.0453 e. The Labute approximate surface area is 85.1 Å².